The first-order valence-electron chi connectivity index (χ1n) is 20.2. The molecule has 7 nitrogen and oxygen atoms in total. The molecular formula is C53H46N2O5. The van der Waals surface area contributed by atoms with Gasteiger partial charge in [-0.15, -0.1) is 0 Å². The summed E-state index contributed by atoms with van der Waals surface area (Å²) in [5.74, 6) is -1.48. The quantitative estimate of drug-likeness (QED) is 0.0896. The Bertz CT molecular complexity index is 2390. The number of alkyl carbamates (subject to hydrolysis) is 1. The van der Waals surface area contributed by atoms with Crippen molar-refractivity contribution in [2.24, 2.45) is 0 Å². The van der Waals surface area contributed by atoms with Gasteiger partial charge in [-0.1, -0.05) is 199 Å². The van der Waals surface area contributed by atoms with Crippen molar-refractivity contribution in [1.29, 1.82) is 0 Å². The third kappa shape index (κ3) is 8.34. The van der Waals surface area contributed by atoms with Crippen molar-refractivity contribution >= 4 is 18.0 Å². The average Bonchev–Trinajstić information content (AvgIpc) is 3.61. The second-order valence-electron chi connectivity index (χ2n) is 15.3. The number of carbonyl (C=O) groups excluding carboxylic acids is 3. The number of esters is 1. The van der Waals surface area contributed by atoms with Crippen LogP contribution in [0.15, 0.2) is 188 Å². The lowest BCUT2D eigenvalue weighted by atomic mass is 9.77. The van der Waals surface area contributed by atoms with E-state index in [0.717, 1.165) is 61.2 Å². The van der Waals surface area contributed by atoms with Gasteiger partial charge in [-0.05, 0) is 63.9 Å². The van der Waals surface area contributed by atoms with Crippen LogP contribution in [-0.2, 0) is 24.6 Å². The van der Waals surface area contributed by atoms with Gasteiger partial charge in [0.05, 0.1) is 6.42 Å². The van der Waals surface area contributed by atoms with Crippen molar-refractivity contribution in [3.63, 3.8) is 0 Å². The molecule has 60 heavy (non-hydrogen) atoms. The number of nitrogens with one attached hydrogen (secondary N) is 2. The van der Waals surface area contributed by atoms with E-state index in [1.54, 1.807) is 0 Å². The van der Waals surface area contributed by atoms with Crippen LogP contribution in [0.4, 0.5) is 4.79 Å². The Balaban J connectivity index is 1.12. The molecule has 1 aliphatic carbocycles. The van der Waals surface area contributed by atoms with Crippen LogP contribution in [0.25, 0.3) is 11.1 Å². The maximum atomic E-state index is 14.7. The molecule has 1 aliphatic rings. The molecule has 0 spiro atoms. The van der Waals surface area contributed by atoms with Crippen LogP contribution < -0.4 is 10.6 Å². The van der Waals surface area contributed by atoms with Crippen molar-refractivity contribution in [3.8, 4) is 11.1 Å². The summed E-state index contributed by atoms with van der Waals surface area (Å²) in [6.07, 6.45) is -2.09. The maximum absolute atomic E-state index is 14.7. The fourth-order valence-corrected chi connectivity index (χ4v) is 8.21. The molecule has 0 bridgehead atoms. The van der Waals surface area contributed by atoms with E-state index in [0.29, 0.717) is 0 Å². The zero-order valence-electron chi connectivity index (χ0n) is 33.6. The topological polar surface area (TPSA) is 93.7 Å². The van der Waals surface area contributed by atoms with Crippen LogP contribution in [0.2, 0.25) is 0 Å². The summed E-state index contributed by atoms with van der Waals surface area (Å²) in [6, 6.07) is 59.4. The number of ether oxygens (including phenoxy) is 2. The zero-order chi connectivity index (χ0) is 41.5. The maximum Gasteiger partial charge on any atom is 0.407 e. The molecule has 7 aromatic rings. The average molecular weight is 791 g/mol. The first-order chi connectivity index (χ1) is 29.3. The molecule has 0 heterocycles. The second-order valence-corrected chi connectivity index (χ2v) is 15.3. The van der Waals surface area contributed by atoms with Crippen LogP contribution in [0.5, 0.6) is 0 Å². The number of fused-ring (bicyclic) bond motifs is 3. The van der Waals surface area contributed by atoms with E-state index < -0.39 is 42.1 Å². The third-order valence-electron chi connectivity index (χ3n) is 11.3. The lowest BCUT2D eigenvalue weighted by Crippen LogP contribution is -2.51. The van der Waals surface area contributed by atoms with Crippen molar-refractivity contribution in [1.82, 2.24) is 10.6 Å². The molecule has 7 heteroatoms. The Labute approximate surface area is 351 Å². The Hall–Kier alpha value is -7.25. The fourth-order valence-electron chi connectivity index (χ4n) is 8.21. The summed E-state index contributed by atoms with van der Waals surface area (Å²) in [7, 11) is 0. The summed E-state index contributed by atoms with van der Waals surface area (Å²) < 4.78 is 12.3. The normalized spacial score (nSPS) is 12.5. The first-order valence-corrected chi connectivity index (χ1v) is 20.2. The molecular weight excluding hydrogens is 745 g/mol. The smallest absolute Gasteiger partial charge is 0.407 e. The SMILES string of the molecule is Cc1ccc(C(OC(=O)[C@H](CC(=O)NC(c2ccccc2)(c2ccccc2)c2ccccc2)NC(=O)OCC2c3ccccc3-c3ccccc32)c2ccc(C)cc2)cc1. The molecule has 0 radical (unpaired) electrons. The first kappa shape index (κ1) is 39.6. The summed E-state index contributed by atoms with van der Waals surface area (Å²) in [4.78, 5) is 43.2. The monoisotopic (exact) mass is 790 g/mol. The molecule has 0 saturated heterocycles. The number of benzene rings is 7. The number of hydrogen-bond donors (Lipinski definition) is 2. The lowest BCUT2D eigenvalue weighted by molar-refractivity contribution is -0.151. The van der Waals surface area contributed by atoms with Crippen LogP contribution in [0.3, 0.4) is 0 Å². The van der Waals surface area contributed by atoms with Crippen LogP contribution >= 0.6 is 0 Å². The Morgan fingerprint density at radius 1 is 0.550 bits per heavy atom. The highest BCUT2D eigenvalue weighted by molar-refractivity contribution is 5.89. The van der Waals surface area contributed by atoms with E-state index in [-0.39, 0.29) is 12.5 Å². The number of aryl methyl sites for hydroxylation is 2. The number of hydrogen-bond acceptors (Lipinski definition) is 5. The largest absolute Gasteiger partial charge is 0.451 e. The molecule has 0 saturated carbocycles. The highest BCUT2D eigenvalue weighted by Crippen LogP contribution is 2.44. The van der Waals surface area contributed by atoms with Gasteiger partial charge in [0, 0.05) is 5.92 Å². The van der Waals surface area contributed by atoms with Crippen molar-refractivity contribution in [2.45, 2.75) is 43.9 Å². The Kier molecular flexibility index (Phi) is 11.7. The summed E-state index contributed by atoms with van der Waals surface area (Å²) in [5, 5.41) is 6.08. The molecule has 0 aromatic heterocycles. The molecule has 2 N–H and O–H groups in total. The summed E-state index contributed by atoms with van der Waals surface area (Å²) in [6.45, 7) is 4.01. The van der Waals surface area contributed by atoms with E-state index in [1.165, 1.54) is 0 Å². The van der Waals surface area contributed by atoms with Gasteiger partial charge in [-0.3, -0.25) is 4.79 Å². The van der Waals surface area contributed by atoms with Gasteiger partial charge in [0.2, 0.25) is 5.91 Å². The molecule has 1 atom stereocenters. The van der Waals surface area contributed by atoms with Gasteiger partial charge in [0.1, 0.15) is 18.2 Å². The van der Waals surface area contributed by atoms with E-state index in [9.17, 15) is 14.4 Å². The van der Waals surface area contributed by atoms with Gasteiger partial charge in [0.25, 0.3) is 0 Å². The number of carbonyl (C=O) groups is 3. The third-order valence-corrected chi connectivity index (χ3v) is 11.3. The van der Waals surface area contributed by atoms with Gasteiger partial charge >= 0.3 is 12.1 Å². The molecule has 8 rings (SSSR count). The predicted molar refractivity (Wildman–Crippen MR) is 234 cm³/mol. The van der Waals surface area contributed by atoms with E-state index in [4.69, 9.17) is 9.47 Å². The molecule has 0 unspecified atom stereocenters. The highest BCUT2D eigenvalue weighted by atomic mass is 16.6. The van der Waals surface area contributed by atoms with Crippen molar-refractivity contribution < 1.29 is 23.9 Å². The lowest BCUT2D eigenvalue weighted by Gasteiger charge is -2.37. The highest BCUT2D eigenvalue weighted by Gasteiger charge is 2.40. The van der Waals surface area contributed by atoms with E-state index >= 15 is 0 Å². The molecule has 2 amide bonds. The molecule has 298 valence electrons. The number of amides is 2. The van der Waals surface area contributed by atoms with E-state index in [1.807, 2.05) is 190 Å². The van der Waals surface area contributed by atoms with Gasteiger partial charge in [-0.25, -0.2) is 9.59 Å². The van der Waals surface area contributed by atoms with E-state index in [2.05, 4.69) is 22.8 Å². The number of rotatable bonds is 13. The minimum Gasteiger partial charge on any atom is -0.451 e. The second kappa shape index (κ2) is 17.7. The minimum absolute atomic E-state index is 0.0301. The van der Waals surface area contributed by atoms with Crippen LogP contribution in [0, 0.1) is 13.8 Å². The minimum atomic E-state index is -1.42. The van der Waals surface area contributed by atoms with Gasteiger partial charge in [-0.2, -0.15) is 0 Å². The molecule has 7 aromatic carbocycles. The Morgan fingerprint density at radius 3 is 1.42 bits per heavy atom. The summed E-state index contributed by atoms with van der Waals surface area (Å²) >= 11 is 0. The Morgan fingerprint density at radius 2 is 0.967 bits per heavy atom. The standard InChI is InChI=1S/C53H46N2O5/c1-36-26-30-38(31-27-36)50(39-32-28-37(2)29-33-39)60-51(57)48(54-52(58)59-35-47-45-24-14-12-22-43(45)44-23-13-15-25-46(44)47)34-49(56)55-53(40-16-6-3-7-17-40,41-18-8-4-9-19-41)42-20-10-5-11-21-42/h3-33,47-48,50H,34-35H2,1-2H3,(H,54,58)(H,55,56)/t48-/m0/s1. The predicted octanol–water partition coefficient (Wildman–Crippen LogP) is 10.3. The fraction of sp³-hybridized carbons (Fsp3) is 0.151. The molecule has 0 aliphatic heterocycles. The van der Waals surface area contributed by atoms with Gasteiger partial charge < -0.3 is 20.1 Å². The van der Waals surface area contributed by atoms with Crippen molar-refractivity contribution in [3.05, 3.63) is 238 Å². The van der Waals surface area contributed by atoms with Crippen LogP contribution in [-0.4, -0.2) is 30.6 Å². The zero-order valence-corrected chi connectivity index (χ0v) is 33.6. The summed E-state index contributed by atoms with van der Waals surface area (Å²) in [5.41, 5.74) is 9.21. The van der Waals surface area contributed by atoms with Gasteiger partial charge in [0.15, 0.2) is 6.10 Å². The van der Waals surface area contributed by atoms with Crippen LogP contribution in [0.1, 0.15) is 68.5 Å². The molecule has 0 fully saturated rings. The van der Waals surface area contributed by atoms with Crippen molar-refractivity contribution in [2.75, 3.05) is 6.61 Å².